The quantitative estimate of drug-likeness (QED) is 0.102. The summed E-state index contributed by atoms with van der Waals surface area (Å²) < 4.78 is 39.6. The van der Waals surface area contributed by atoms with E-state index in [-0.39, 0.29) is 18.0 Å². The predicted octanol–water partition coefficient (Wildman–Crippen LogP) is 8.93. The van der Waals surface area contributed by atoms with E-state index in [1.807, 2.05) is 62.4 Å². The van der Waals surface area contributed by atoms with Crippen molar-refractivity contribution >= 4 is 22.6 Å². The number of aliphatic hydroxyl groups is 2. The maximum absolute atomic E-state index is 14.4. The molecular formula is C44H49F2NO6. The molecule has 4 aromatic rings. The normalized spacial score (nSPS) is 23.3. The number of amides is 1. The third-order valence-corrected chi connectivity index (χ3v) is 11.5. The van der Waals surface area contributed by atoms with Crippen LogP contribution in [-0.4, -0.2) is 65.5 Å². The largest absolute Gasteiger partial charge is 0.415 e. The first-order valence-corrected chi connectivity index (χ1v) is 18.5. The van der Waals surface area contributed by atoms with Gasteiger partial charge in [0.15, 0.2) is 17.4 Å². The summed E-state index contributed by atoms with van der Waals surface area (Å²) in [5, 5.41) is 25.7. The van der Waals surface area contributed by atoms with E-state index in [9.17, 15) is 28.6 Å². The van der Waals surface area contributed by atoms with Gasteiger partial charge in [0.05, 0.1) is 18.2 Å². The number of rotatable bonds is 9. The van der Waals surface area contributed by atoms with Gasteiger partial charge in [-0.2, -0.15) is 0 Å². The average molecular weight is 726 g/mol. The van der Waals surface area contributed by atoms with Gasteiger partial charge in [0.1, 0.15) is 5.75 Å². The van der Waals surface area contributed by atoms with E-state index in [0.717, 1.165) is 34.0 Å². The number of aliphatic hydroxyl groups excluding tert-OH is 1. The van der Waals surface area contributed by atoms with Crippen LogP contribution >= 0.6 is 0 Å². The molecule has 3 aliphatic rings. The van der Waals surface area contributed by atoms with Gasteiger partial charge in [0, 0.05) is 36.8 Å². The lowest BCUT2D eigenvalue weighted by Gasteiger charge is -2.46. The number of carbonyl (C=O) groups excluding carboxylic acids is 2. The molecule has 1 amide bonds. The summed E-state index contributed by atoms with van der Waals surface area (Å²) in [5.74, 6) is -2.55. The van der Waals surface area contributed by atoms with Crippen LogP contribution in [0.5, 0.6) is 5.75 Å². The molecule has 0 aromatic heterocycles. The monoisotopic (exact) mass is 725 g/mol. The van der Waals surface area contributed by atoms with Crippen molar-refractivity contribution in [3.05, 3.63) is 124 Å². The van der Waals surface area contributed by atoms with Crippen LogP contribution in [0.25, 0.3) is 10.8 Å². The molecule has 1 fully saturated rings. The van der Waals surface area contributed by atoms with Crippen molar-refractivity contribution < 1.29 is 38.1 Å². The Morgan fingerprint density at radius 3 is 2.51 bits per heavy atom. The van der Waals surface area contributed by atoms with E-state index in [0.29, 0.717) is 81.4 Å². The van der Waals surface area contributed by atoms with Gasteiger partial charge in [-0.05, 0) is 123 Å². The molecule has 7 rings (SSSR count). The molecule has 53 heavy (non-hydrogen) atoms. The number of benzene rings is 4. The minimum Gasteiger partial charge on any atom is -0.410 e. The number of ether oxygens (including phenoxy) is 2. The van der Waals surface area contributed by atoms with Crippen LogP contribution in [0.1, 0.15) is 91.8 Å². The molecule has 0 heterocycles. The number of fused-ring (bicyclic) bond motifs is 9. The van der Waals surface area contributed by atoms with Crippen LogP contribution < -0.4 is 4.74 Å². The van der Waals surface area contributed by atoms with Crippen molar-refractivity contribution in [3.8, 4) is 5.75 Å². The molecular weight excluding hydrogens is 676 g/mol. The number of halogens is 2. The lowest BCUT2D eigenvalue weighted by Crippen LogP contribution is -2.54. The van der Waals surface area contributed by atoms with E-state index in [1.165, 1.54) is 6.07 Å². The highest BCUT2D eigenvalue weighted by atomic mass is 19.2. The highest BCUT2D eigenvalue weighted by Gasteiger charge is 2.57. The summed E-state index contributed by atoms with van der Waals surface area (Å²) in [5.41, 5.74) is 0.714. The number of nitrogens with zero attached hydrogens (tertiary/aromatic N) is 1. The number of hydrogen-bond donors (Lipinski definition) is 2. The highest BCUT2D eigenvalue weighted by Crippen LogP contribution is 2.59. The van der Waals surface area contributed by atoms with Gasteiger partial charge in [-0.15, -0.1) is 0 Å². The second kappa shape index (κ2) is 16.3. The number of ketones is 1. The number of carbonyl (C=O) groups is 2. The first kappa shape index (κ1) is 38.3. The topological polar surface area (TPSA) is 96.3 Å². The summed E-state index contributed by atoms with van der Waals surface area (Å²) in [6.07, 6.45) is 5.07. The fourth-order valence-corrected chi connectivity index (χ4v) is 8.34. The molecule has 0 saturated heterocycles. The molecule has 1 saturated carbocycles. The molecule has 3 aliphatic carbocycles. The highest BCUT2D eigenvalue weighted by molar-refractivity contribution is 6.10. The van der Waals surface area contributed by atoms with Gasteiger partial charge < -0.3 is 24.6 Å². The van der Waals surface area contributed by atoms with Crippen LogP contribution in [-0.2, 0) is 11.2 Å². The smallest absolute Gasteiger partial charge is 0.410 e. The lowest BCUT2D eigenvalue weighted by molar-refractivity contribution is -0.0795. The Morgan fingerprint density at radius 2 is 1.74 bits per heavy atom. The number of methoxy groups -OCH3 is 1. The van der Waals surface area contributed by atoms with Gasteiger partial charge in [-0.3, -0.25) is 4.79 Å². The van der Waals surface area contributed by atoms with E-state index in [2.05, 4.69) is 6.08 Å². The summed E-state index contributed by atoms with van der Waals surface area (Å²) in [6, 6.07) is 22.0. The van der Waals surface area contributed by atoms with Crippen molar-refractivity contribution in [1.82, 2.24) is 4.90 Å². The van der Waals surface area contributed by atoms with E-state index in [1.54, 1.807) is 24.1 Å². The average Bonchev–Trinajstić information content (AvgIpc) is 3.39. The van der Waals surface area contributed by atoms with Gasteiger partial charge in [-0.1, -0.05) is 61.0 Å². The zero-order chi connectivity index (χ0) is 37.8. The Kier molecular flexibility index (Phi) is 11.8. The molecule has 0 aliphatic heterocycles. The Bertz CT molecular complexity index is 2000. The Balaban J connectivity index is 1.38. The first-order valence-electron chi connectivity index (χ1n) is 18.5. The number of allylic oxidation sites excluding steroid dienone is 2. The molecule has 0 unspecified atom stereocenters. The molecule has 2 bridgehead atoms. The second-order valence-corrected chi connectivity index (χ2v) is 15.1. The zero-order valence-corrected chi connectivity index (χ0v) is 30.7. The molecule has 0 spiro atoms. The van der Waals surface area contributed by atoms with Gasteiger partial charge >= 0.3 is 6.09 Å². The molecule has 4 atom stereocenters. The van der Waals surface area contributed by atoms with E-state index < -0.39 is 40.6 Å². The molecule has 4 aromatic carbocycles. The van der Waals surface area contributed by atoms with Crippen molar-refractivity contribution in [2.45, 2.75) is 82.8 Å². The summed E-state index contributed by atoms with van der Waals surface area (Å²) >= 11 is 0. The summed E-state index contributed by atoms with van der Waals surface area (Å²) in [4.78, 5) is 29.7. The first-order chi connectivity index (χ1) is 25.4. The summed E-state index contributed by atoms with van der Waals surface area (Å²) in [7, 11) is 1.60. The molecule has 7 nitrogen and oxygen atoms in total. The van der Waals surface area contributed by atoms with Crippen LogP contribution in [0.2, 0.25) is 0 Å². The SMILES string of the molecule is COCCCN(C[C@]1(O)CC[C@H]2c3ccc(cc3C(=O)c3ccc(F)c(F)c3)C[C@@H](O)CCC(C)=CCC[C@@]21C)C(=O)Oc1ccc2ccccc2c1. The Morgan fingerprint density at radius 1 is 0.943 bits per heavy atom. The maximum atomic E-state index is 14.4. The number of hydrogen-bond acceptors (Lipinski definition) is 6. The maximum Gasteiger partial charge on any atom is 0.415 e. The fraction of sp³-hybridized carbons (Fsp3) is 0.409. The molecule has 2 N–H and O–H groups in total. The third kappa shape index (κ3) is 8.38. The van der Waals surface area contributed by atoms with Crippen LogP contribution in [0.15, 0.2) is 90.5 Å². The predicted molar refractivity (Wildman–Crippen MR) is 201 cm³/mol. The minimum absolute atomic E-state index is 0.00441. The zero-order valence-electron chi connectivity index (χ0n) is 30.7. The fourth-order valence-electron chi connectivity index (χ4n) is 8.34. The minimum atomic E-state index is -1.39. The molecule has 9 heteroatoms. The van der Waals surface area contributed by atoms with Crippen molar-refractivity contribution in [3.63, 3.8) is 0 Å². The van der Waals surface area contributed by atoms with Crippen LogP contribution in [0.4, 0.5) is 13.6 Å². The Labute approximate surface area is 310 Å². The van der Waals surface area contributed by atoms with E-state index >= 15 is 0 Å². The summed E-state index contributed by atoms with van der Waals surface area (Å²) in [6.45, 7) is 4.78. The van der Waals surface area contributed by atoms with Crippen LogP contribution in [0.3, 0.4) is 0 Å². The third-order valence-electron chi connectivity index (χ3n) is 11.5. The lowest BCUT2D eigenvalue weighted by atomic mass is 9.64. The van der Waals surface area contributed by atoms with Crippen LogP contribution in [0, 0.1) is 17.0 Å². The van der Waals surface area contributed by atoms with Gasteiger partial charge in [0.25, 0.3) is 0 Å². The van der Waals surface area contributed by atoms with Gasteiger partial charge in [-0.25, -0.2) is 13.6 Å². The second-order valence-electron chi connectivity index (χ2n) is 15.1. The molecule has 0 radical (unpaired) electrons. The van der Waals surface area contributed by atoms with Crippen molar-refractivity contribution in [2.75, 3.05) is 26.8 Å². The van der Waals surface area contributed by atoms with Crippen molar-refractivity contribution in [2.24, 2.45) is 5.41 Å². The molecule has 280 valence electrons. The standard InChI is InChI=1S/C44H49F2NO6/c1-29-8-6-20-43(2)38(36-17-12-30(24-34(48)15-11-29)25-37(36)41(49)33-14-18-39(45)40(46)27-33)19-21-44(43,51)28-47(22-7-23-52-3)42(50)53-35-16-13-31-9-4-5-10-32(31)26-35/h4-5,8-10,12-14,16-18,25-27,34,38,48,51H,6-7,11,15,19-24,28H2,1-3H3/t34-,38-,43-,44+/m0/s1. The Hall–Kier alpha value is -4.44. The van der Waals surface area contributed by atoms with E-state index in [4.69, 9.17) is 9.47 Å². The van der Waals surface area contributed by atoms with Crippen molar-refractivity contribution in [1.29, 1.82) is 0 Å². The van der Waals surface area contributed by atoms with Gasteiger partial charge in [0.2, 0.25) is 0 Å².